The van der Waals surface area contributed by atoms with Crippen LogP contribution in [-0.4, -0.2) is 34.9 Å². The smallest absolute Gasteiger partial charge is 0.230 e. The van der Waals surface area contributed by atoms with Gasteiger partial charge in [0.1, 0.15) is 0 Å². The number of hydrogen-bond acceptors (Lipinski definition) is 5. The first-order valence-corrected chi connectivity index (χ1v) is 11.2. The van der Waals surface area contributed by atoms with Crippen molar-refractivity contribution in [1.82, 2.24) is 0 Å². The van der Waals surface area contributed by atoms with Gasteiger partial charge >= 0.3 is 0 Å². The standard InChI is InChI=1S/C23H31NO4S/c1-3-4-5-6-21(25)17-8-10-18(11-9-17)24-20(22(26)13-23(24)27)15-28-14-19-12-7-16(2)29-19/h7-12,20-22,25-26H,3-6,13-15H2,1-2H3/t20-,21?,22?/m0/s1. The average Bonchev–Trinajstić information content (AvgIpc) is 3.24. The Balaban J connectivity index is 1.62. The topological polar surface area (TPSA) is 70.0 Å². The highest BCUT2D eigenvalue weighted by Gasteiger charge is 2.39. The van der Waals surface area contributed by atoms with Crippen molar-refractivity contribution in [2.45, 2.75) is 70.8 Å². The predicted octanol–water partition coefficient (Wildman–Crippen LogP) is 4.35. The number of aliphatic hydroxyl groups excluding tert-OH is 2. The summed E-state index contributed by atoms with van der Waals surface area (Å²) in [7, 11) is 0. The Kier molecular flexibility index (Phi) is 7.84. The number of thiophene rings is 1. The Labute approximate surface area is 176 Å². The van der Waals surface area contributed by atoms with Gasteiger partial charge in [-0.2, -0.15) is 0 Å². The molecule has 2 unspecified atom stereocenters. The molecule has 158 valence electrons. The monoisotopic (exact) mass is 417 g/mol. The second-order valence-electron chi connectivity index (χ2n) is 7.73. The Morgan fingerprint density at radius 3 is 2.62 bits per heavy atom. The molecule has 29 heavy (non-hydrogen) atoms. The molecule has 1 aromatic carbocycles. The molecule has 0 aliphatic carbocycles. The number of unbranched alkanes of at least 4 members (excludes halogenated alkanes) is 2. The number of carbonyl (C=O) groups is 1. The molecule has 1 aliphatic heterocycles. The fourth-order valence-corrected chi connectivity index (χ4v) is 4.57. The maximum absolute atomic E-state index is 12.5. The number of amides is 1. The lowest BCUT2D eigenvalue weighted by molar-refractivity contribution is -0.117. The maximum Gasteiger partial charge on any atom is 0.230 e. The molecule has 1 amide bonds. The van der Waals surface area contributed by atoms with Gasteiger partial charge in [-0.1, -0.05) is 38.3 Å². The van der Waals surface area contributed by atoms with E-state index in [2.05, 4.69) is 19.9 Å². The molecule has 1 aliphatic rings. The molecule has 6 heteroatoms. The average molecular weight is 418 g/mol. The zero-order valence-corrected chi connectivity index (χ0v) is 18.0. The molecule has 0 spiro atoms. The Hall–Kier alpha value is -1.73. The summed E-state index contributed by atoms with van der Waals surface area (Å²) in [5, 5.41) is 20.7. The molecule has 1 saturated heterocycles. The number of ether oxygens (including phenoxy) is 1. The van der Waals surface area contributed by atoms with Gasteiger partial charge in [-0.05, 0) is 43.2 Å². The van der Waals surface area contributed by atoms with Gasteiger partial charge in [0.15, 0.2) is 0 Å². The number of aryl methyl sites for hydroxylation is 1. The first-order chi connectivity index (χ1) is 14.0. The van der Waals surface area contributed by atoms with Crippen LogP contribution in [0.15, 0.2) is 36.4 Å². The number of anilines is 1. The van der Waals surface area contributed by atoms with E-state index >= 15 is 0 Å². The minimum Gasteiger partial charge on any atom is -0.390 e. The number of rotatable bonds is 10. The third-order valence-corrected chi connectivity index (χ3v) is 6.37. The normalized spacial score (nSPS) is 20.4. The quantitative estimate of drug-likeness (QED) is 0.564. The summed E-state index contributed by atoms with van der Waals surface area (Å²) >= 11 is 1.69. The highest BCUT2D eigenvalue weighted by Crippen LogP contribution is 2.30. The van der Waals surface area contributed by atoms with Gasteiger partial charge in [-0.3, -0.25) is 4.79 Å². The molecule has 0 bridgehead atoms. The summed E-state index contributed by atoms with van der Waals surface area (Å²) in [6.45, 7) is 4.96. The molecule has 2 aromatic rings. The van der Waals surface area contributed by atoms with Gasteiger partial charge in [-0.15, -0.1) is 11.3 Å². The van der Waals surface area contributed by atoms with Crippen molar-refractivity contribution in [2.24, 2.45) is 0 Å². The molecule has 2 heterocycles. The molecule has 0 radical (unpaired) electrons. The van der Waals surface area contributed by atoms with E-state index in [1.165, 1.54) is 4.88 Å². The lowest BCUT2D eigenvalue weighted by Gasteiger charge is -2.26. The largest absolute Gasteiger partial charge is 0.390 e. The second-order valence-corrected chi connectivity index (χ2v) is 9.11. The van der Waals surface area contributed by atoms with Crippen molar-refractivity contribution in [3.05, 3.63) is 51.7 Å². The number of benzene rings is 1. The van der Waals surface area contributed by atoms with Crippen molar-refractivity contribution in [1.29, 1.82) is 0 Å². The van der Waals surface area contributed by atoms with Crippen LogP contribution in [0.2, 0.25) is 0 Å². The molecule has 0 saturated carbocycles. The van der Waals surface area contributed by atoms with Crippen LogP contribution in [0.5, 0.6) is 0 Å². The first kappa shape index (κ1) is 22.0. The van der Waals surface area contributed by atoms with Gasteiger partial charge in [0.25, 0.3) is 0 Å². The highest BCUT2D eigenvalue weighted by molar-refractivity contribution is 7.11. The van der Waals surface area contributed by atoms with E-state index in [1.54, 1.807) is 16.2 Å². The van der Waals surface area contributed by atoms with E-state index in [1.807, 2.05) is 30.3 Å². The number of carbonyl (C=O) groups excluding carboxylic acids is 1. The van der Waals surface area contributed by atoms with Crippen LogP contribution in [-0.2, 0) is 16.1 Å². The summed E-state index contributed by atoms with van der Waals surface area (Å²) in [4.78, 5) is 16.5. The van der Waals surface area contributed by atoms with Crippen LogP contribution in [0.3, 0.4) is 0 Å². The number of hydrogen-bond donors (Lipinski definition) is 2. The summed E-state index contributed by atoms with van der Waals surface area (Å²) < 4.78 is 5.82. The molecule has 5 nitrogen and oxygen atoms in total. The van der Waals surface area contributed by atoms with E-state index in [0.29, 0.717) is 6.61 Å². The molecule has 3 rings (SSSR count). The molecule has 3 atom stereocenters. The second kappa shape index (κ2) is 10.3. The number of aliphatic hydroxyl groups is 2. The fourth-order valence-electron chi connectivity index (χ4n) is 3.75. The van der Waals surface area contributed by atoms with Crippen molar-refractivity contribution >= 4 is 22.9 Å². The Morgan fingerprint density at radius 1 is 1.21 bits per heavy atom. The third kappa shape index (κ3) is 5.66. The van der Waals surface area contributed by atoms with Crippen molar-refractivity contribution < 1.29 is 19.7 Å². The number of nitrogens with zero attached hydrogens (tertiary/aromatic N) is 1. The minimum atomic E-state index is -0.744. The lowest BCUT2D eigenvalue weighted by Crippen LogP contribution is -2.40. The van der Waals surface area contributed by atoms with Gasteiger partial charge in [0.05, 0.1) is 37.9 Å². The van der Waals surface area contributed by atoms with Crippen LogP contribution in [0.4, 0.5) is 5.69 Å². The summed E-state index contributed by atoms with van der Waals surface area (Å²) in [6.07, 6.45) is 2.86. The maximum atomic E-state index is 12.5. The molecule has 1 aromatic heterocycles. The summed E-state index contributed by atoms with van der Waals surface area (Å²) in [6, 6.07) is 11.1. The van der Waals surface area contributed by atoms with Gasteiger partial charge in [0, 0.05) is 15.4 Å². The minimum absolute atomic E-state index is 0.102. The van der Waals surface area contributed by atoms with E-state index < -0.39 is 18.2 Å². The van der Waals surface area contributed by atoms with E-state index in [9.17, 15) is 15.0 Å². The zero-order valence-electron chi connectivity index (χ0n) is 17.2. The van der Waals surface area contributed by atoms with Crippen LogP contribution in [0.25, 0.3) is 0 Å². The summed E-state index contributed by atoms with van der Waals surface area (Å²) in [5.74, 6) is -0.102. The van der Waals surface area contributed by atoms with Crippen molar-refractivity contribution in [3.8, 4) is 0 Å². The van der Waals surface area contributed by atoms with E-state index in [4.69, 9.17) is 4.74 Å². The van der Waals surface area contributed by atoms with Gasteiger partial charge < -0.3 is 19.8 Å². The third-order valence-electron chi connectivity index (χ3n) is 5.39. The highest BCUT2D eigenvalue weighted by atomic mass is 32.1. The Morgan fingerprint density at radius 2 is 1.97 bits per heavy atom. The molecular formula is C23H31NO4S. The van der Waals surface area contributed by atoms with E-state index in [-0.39, 0.29) is 18.9 Å². The SMILES string of the molecule is CCCCCC(O)c1ccc(N2C(=O)CC(O)[C@@H]2COCc2ccc(C)s2)cc1. The van der Waals surface area contributed by atoms with Crippen LogP contribution >= 0.6 is 11.3 Å². The van der Waals surface area contributed by atoms with Crippen LogP contribution < -0.4 is 4.90 Å². The van der Waals surface area contributed by atoms with E-state index in [0.717, 1.165) is 41.8 Å². The predicted molar refractivity (Wildman–Crippen MR) is 116 cm³/mol. The molecule has 2 N–H and O–H groups in total. The van der Waals surface area contributed by atoms with Crippen LogP contribution in [0.1, 0.15) is 60.4 Å². The zero-order chi connectivity index (χ0) is 20.8. The van der Waals surface area contributed by atoms with Gasteiger partial charge in [0.2, 0.25) is 5.91 Å². The Bertz CT molecular complexity index is 788. The summed E-state index contributed by atoms with van der Waals surface area (Å²) in [5.41, 5.74) is 1.59. The van der Waals surface area contributed by atoms with Crippen molar-refractivity contribution in [3.63, 3.8) is 0 Å². The first-order valence-electron chi connectivity index (χ1n) is 10.4. The molecular weight excluding hydrogens is 386 g/mol. The lowest BCUT2D eigenvalue weighted by atomic mass is 10.0. The van der Waals surface area contributed by atoms with Crippen LogP contribution in [0, 0.1) is 6.92 Å². The van der Waals surface area contributed by atoms with Gasteiger partial charge in [-0.25, -0.2) is 0 Å². The fraction of sp³-hybridized carbons (Fsp3) is 0.522. The van der Waals surface area contributed by atoms with Crippen molar-refractivity contribution in [2.75, 3.05) is 11.5 Å². The molecule has 1 fully saturated rings.